The number of rotatable bonds is 4. The molecule has 0 saturated carbocycles. The van der Waals surface area contributed by atoms with Crippen molar-refractivity contribution in [3.8, 4) is 11.8 Å². The van der Waals surface area contributed by atoms with E-state index in [9.17, 15) is 4.79 Å². The van der Waals surface area contributed by atoms with E-state index in [2.05, 4.69) is 31.0 Å². The fourth-order valence-electron chi connectivity index (χ4n) is 1.89. The van der Waals surface area contributed by atoms with Crippen molar-refractivity contribution in [2.45, 2.75) is 40.2 Å². The van der Waals surface area contributed by atoms with Crippen molar-refractivity contribution in [2.24, 2.45) is 11.7 Å². The average molecular weight is 272 g/mol. The number of benzene rings is 1. The van der Waals surface area contributed by atoms with Crippen molar-refractivity contribution in [2.75, 3.05) is 6.54 Å². The van der Waals surface area contributed by atoms with Crippen LogP contribution in [0.15, 0.2) is 18.2 Å². The number of hydrogen-bond donors (Lipinski definition) is 2. The Morgan fingerprint density at radius 1 is 1.40 bits per heavy atom. The summed E-state index contributed by atoms with van der Waals surface area (Å²) in [6.07, 6.45) is 1.04. The number of nitrogens with two attached hydrogens (primary N) is 1. The van der Waals surface area contributed by atoms with Gasteiger partial charge in [-0.15, -0.1) is 0 Å². The Bertz CT molecular complexity index is 526. The first kappa shape index (κ1) is 16.3. The Hall–Kier alpha value is -1.79. The Balaban J connectivity index is 2.98. The van der Waals surface area contributed by atoms with E-state index in [1.165, 1.54) is 0 Å². The van der Waals surface area contributed by atoms with E-state index in [-0.39, 0.29) is 18.5 Å². The molecule has 2 atom stereocenters. The molecule has 108 valence electrons. The van der Waals surface area contributed by atoms with Crippen LogP contribution in [0.4, 0.5) is 0 Å². The minimum Gasteiger partial charge on any atom is -0.349 e. The molecule has 1 rings (SSSR count). The summed E-state index contributed by atoms with van der Waals surface area (Å²) in [5.74, 6) is 6.16. The van der Waals surface area contributed by atoms with E-state index >= 15 is 0 Å². The van der Waals surface area contributed by atoms with Gasteiger partial charge in [-0.25, -0.2) is 0 Å². The van der Waals surface area contributed by atoms with Crippen molar-refractivity contribution in [1.82, 2.24) is 5.32 Å². The summed E-state index contributed by atoms with van der Waals surface area (Å²) >= 11 is 0. The van der Waals surface area contributed by atoms with E-state index in [1.807, 2.05) is 32.0 Å². The van der Waals surface area contributed by atoms with Crippen LogP contribution in [0.3, 0.4) is 0 Å². The van der Waals surface area contributed by atoms with E-state index < -0.39 is 0 Å². The van der Waals surface area contributed by atoms with Gasteiger partial charge in [0.1, 0.15) is 0 Å². The van der Waals surface area contributed by atoms with Gasteiger partial charge in [0.25, 0.3) is 5.91 Å². The molecule has 0 fully saturated rings. The van der Waals surface area contributed by atoms with E-state index in [0.29, 0.717) is 11.5 Å². The normalized spacial score (nSPS) is 13.1. The molecular weight excluding hydrogens is 248 g/mol. The van der Waals surface area contributed by atoms with Crippen molar-refractivity contribution in [1.29, 1.82) is 0 Å². The first-order chi connectivity index (χ1) is 9.49. The van der Waals surface area contributed by atoms with Gasteiger partial charge in [0.15, 0.2) is 0 Å². The van der Waals surface area contributed by atoms with Gasteiger partial charge in [-0.1, -0.05) is 38.2 Å². The summed E-state index contributed by atoms with van der Waals surface area (Å²) in [5, 5.41) is 3.05. The minimum atomic E-state index is -0.0703. The zero-order chi connectivity index (χ0) is 15.1. The van der Waals surface area contributed by atoms with Gasteiger partial charge in [-0.05, 0) is 37.5 Å². The van der Waals surface area contributed by atoms with Crippen LogP contribution in [0.5, 0.6) is 0 Å². The van der Waals surface area contributed by atoms with Gasteiger partial charge < -0.3 is 11.1 Å². The summed E-state index contributed by atoms with van der Waals surface area (Å²) in [5.41, 5.74) is 7.84. The van der Waals surface area contributed by atoms with Crippen LogP contribution in [0, 0.1) is 24.7 Å². The zero-order valence-corrected chi connectivity index (χ0v) is 12.8. The van der Waals surface area contributed by atoms with E-state index in [1.54, 1.807) is 0 Å². The lowest BCUT2D eigenvalue weighted by Crippen LogP contribution is -2.37. The lowest BCUT2D eigenvalue weighted by atomic mass is 9.99. The number of aryl methyl sites for hydroxylation is 1. The first-order valence-corrected chi connectivity index (χ1v) is 7.10. The highest BCUT2D eigenvalue weighted by molar-refractivity contribution is 5.97. The molecule has 1 aromatic rings. The van der Waals surface area contributed by atoms with Gasteiger partial charge >= 0.3 is 0 Å². The Morgan fingerprint density at radius 3 is 2.70 bits per heavy atom. The smallest absolute Gasteiger partial charge is 0.252 e. The maximum Gasteiger partial charge on any atom is 0.252 e. The highest BCUT2D eigenvalue weighted by Crippen LogP contribution is 2.13. The van der Waals surface area contributed by atoms with Crippen LogP contribution < -0.4 is 11.1 Å². The molecule has 0 saturated heterocycles. The third-order valence-corrected chi connectivity index (χ3v) is 3.60. The molecule has 0 aliphatic carbocycles. The van der Waals surface area contributed by atoms with Gasteiger partial charge in [-0.3, -0.25) is 4.79 Å². The lowest BCUT2D eigenvalue weighted by molar-refractivity contribution is 0.0928. The second-order valence-electron chi connectivity index (χ2n) is 5.20. The van der Waals surface area contributed by atoms with Gasteiger partial charge in [-0.2, -0.15) is 0 Å². The highest BCUT2D eigenvalue weighted by atomic mass is 16.1. The molecule has 0 aromatic heterocycles. The molecule has 1 amide bonds. The number of hydrogen-bond acceptors (Lipinski definition) is 2. The SMILES string of the molecule is CCC(C)C(C)NC(=O)c1ccc(C)cc1C#CCN. The Morgan fingerprint density at radius 2 is 2.10 bits per heavy atom. The first-order valence-electron chi connectivity index (χ1n) is 7.10. The third-order valence-electron chi connectivity index (χ3n) is 3.60. The second kappa shape index (κ2) is 7.72. The van der Waals surface area contributed by atoms with Crippen LogP contribution in [0.1, 0.15) is 48.7 Å². The highest BCUT2D eigenvalue weighted by Gasteiger charge is 2.16. The van der Waals surface area contributed by atoms with Crippen molar-refractivity contribution in [3.63, 3.8) is 0 Å². The monoisotopic (exact) mass is 272 g/mol. The fourth-order valence-corrected chi connectivity index (χ4v) is 1.89. The predicted molar refractivity (Wildman–Crippen MR) is 83.5 cm³/mol. The van der Waals surface area contributed by atoms with Crippen molar-refractivity contribution in [3.05, 3.63) is 34.9 Å². The third kappa shape index (κ3) is 4.40. The molecule has 0 radical (unpaired) electrons. The molecule has 0 aliphatic heterocycles. The Kier molecular flexibility index (Phi) is 6.27. The van der Waals surface area contributed by atoms with Crippen LogP contribution in [-0.4, -0.2) is 18.5 Å². The molecule has 0 aliphatic rings. The molecule has 2 unspecified atom stereocenters. The summed E-state index contributed by atoms with van der Waals surface area (Å²) in [4.78, 5) is 12.4. The minimum absolute atomic E-state index is 0.0703. The van der Waals surface area contributed by atoms with Crippen LogP contribution in [0.25, 0.3) is 0 Å². The van der Waals surface area contributed by atoms with Gasteiger partial charge in [0.05, 0.1) is 12.1 Å². The summed E-state index contributed by atoms with van der Waals surface area (Å²) in [6.45, 7) is 8.56. The fraction of sp³-hybridized carbons (Fsp3) is 0.471. The summed E-state index contributed by atoms with van der Waals surface area (Å²) in [6, 6.07) is 5.82. The number of carbonyl (C=O) groups is 1. The zero-order valence-electron chi connectivity index (χ0n) is 12.8. The number of amides is 1. The average Bonchev–Trinajstić information content (AvgIpc) is 2.43. The van der Waals surface area contributed by atoms with Crippen LogP contribution >= 0.6 is 0 Å². The maximum absolute atomic E-state index is 12.4. The van der Waals surface area contributed by atoms with Crippen LogP contribution in [-0.2, 0) is 0 Å². The molecule has 3 heteroatoms. The Labute approximate surface area is 121 Å². The van der Waals surface area contributed by atoms with E-state index in [0.717, 1.165) is 17.5 Å². The van der Waals surface area contributed by atoms with Gasteiger partial charge in [0.2, 0.25) is 0 Å². The lowest BCUT2D eigenvalue weighted by Gasteiger charge is -2.20. The van der Waals surface area contributed by atoms with Crippen molar-refractivity contribution >= 4 is 5.91 Å². The van der Waals surface area contributed by atoms with Crippen LogP contribution in [0.2, 0.25) is 0 Å². The van der Waals surface area contributed by atoms with Crippen molar-refractivity contribution < 1.29 is 4.79 Å². The topological polar surface area (TPSA) is 55.1 Å². The summed E-state index contributed by atoms with van der Waals surface area (Å²) in [7, 11) is 0. The molecule has 0 heterocycles. The molecule has 0 spiro atoms. The van der Waals surface area contributed by atoms with E-state index in [4.69, 9.17) is 5.73 Å². The molecule has 1 aromatic carbocycles. The molecule has 3 nitrogen and oxygen atoms in total. The molecule has 3 N–H and O–H groups in total. The van der Waals surface area contributed by atoms with Gasteiger partial charge in [0, 0.05) is 11.6 Å². The molecular formula is C17H24N2O. The molecule has 0 bridgehead atoms. The predicted octanol–water partition coefficient (Wildman–Crippen LogP) is 2.47. The quantitative estimate of drug-likeness (QED) is 0.827. The second-order valence-corrected chi connectivity index (χ2v) is 5.20. The maximum atomic E-state index is 12.4. The summed E-state index contributed by atoms with van der Waals surface area (Å²) < 4.78 is 0. The number of nitrogens with one attached hydrogen (secondary N) is 1. The molecule has 20 heavy (non-hydrogen) atoms. The largest absolute Gasteiger partial charge is 0.349 e. The number of carbonyl (C=O) groups excluding carboxylic acids is 1. The standard InChI is InChI=1S/C17H24N2O/c1-5-13(3)14(4)19-17(20)16-9-8-12(2)11-15(16)7-6-10-18/h8-9,11,13-14H,5,10,18H2,1-4H3,(H,19,20).